The predicted octanol–water partition coefficient (Wildman–Crippen LogP) is 5.67. The van der Waals surface area contributed by atoms with Crippen LogP contribution in [-0.2, 0) is 4.79 Å². The molecule has 0 unspecified atom stereocenters. The lowest BCUT2D eigenvalue weighted by Gasteiger charge is -2.57. The number of hydrogen-bond donors (Lipinski definition) is 1. The van der Waals surface area contributed by atoms with Gasteiger partial charge in [-0.05, 0) is 112 Å². The van der Waals surface area contributed by atoms with Crippen LogP contribution in [0, 0.1) is 40.9 Å². The van der Waals surface area contributed by atoms with Gasteiger partial charge in [0.15, 0.2) is 0 Å². The third-order valence-electron chi connectivity index (χ3n) is 10.0. The number of nitrogens with zero attached hydrogens (tertiary/aromatic N) is 1. The fourth-order valence-electron chi connectivity index (χ4n) is 8.50. The minimum atomic E-state index is -0.440. The molecule has 0 aromatic heterocycles. The molecule has 1 amide bonds. The van der Waals surface area contributed by atoms with Gasteiger partial charge in [0.1, 0.15) is 0 Å². The Morgan fingerprint density at radius 1 is 0.933 bits per heavy atom. The smallest absolute Gasteiger partial charge is 0.230 e. The second kappa shape index (κ2) is 7.36. The van der Waals surface area contributed by atoms with Gasteiger partial charge in [0.2, 0.25) is 5.91 Å². The molecule has 0 aliphatic heterocycles. The van der Waals surface area contributed by atoms with E-state index in [1.807, 2.05) is 49.2 Å². The van der Waals surface area contributed by atoms with Gasteiger partial charge < -0.3 is 10.0 Å². The van der Waals surface area contributed by atoms with Crippen molar-refractivity contribution < 1.29 is 9.90 Å². The molecular formula is C27H39NO2. The highest BCUT2D eigenvalue weighted by molar-refractivity contribution is 5.95. The number of anilines is 1. The van der Waals surface area contributed by atoms with Gasteiger partial charge in [0, 0.05) is 18.7 Å². The largest absolute Gasteiger partial charge is 0.390 e. The number of fused-ring (bicyclic) bond motifs is 5. The van der Waals surface area contributed by atoms with E-state index in [9.17, 15) is 9.90 Å². The molecule has 0 saturated heterocycles. The Kier molecular flexibility index (Phi) is 5.04. The maximum atomic E-state index is 13.6. The summed E-state index contributed by atoms with van der Waals surface area (Å²) in [7, 11) is 1.96. The summed E-state index contributed by atoms with van der Waals surface area (Å²) in [5, 5.41) is 10.6. The summed E-state index contributed by atoms with van der Waals surface area (Å²) >= 11 is 0. The van der Waals surface area contributed by atoms with Crippen LogP contribution in [0.3, 0.4) is 0 Å². The van der Waals surface area contributed by atoms with Gasteiger partial charge in [-0.1, -0.05) is 25.1 Å². The maximum Gasteiger partial charge on any atom is 0.230 e. The van der Waals surface area contributed by atoms with E-state index in [4.69, 9.17) is 0 Å². The molecule has 164 valence electrons. The molecule has 4 fully saturated rings. The average molecular weight is 410 g/mol. The SMILES string of the molecule is CN(C(=O)[C@H]1CC[C@H]2[C@@H]3CC[C@@H]4C[C@](C)(O)CC[C@@H]4[C@H]3CC[C@]12C)c1ccccc1. The number of amides is 1. The van der Waals surface area contributed by atoms with Gasteiger partial charge in [0.25, 0.3) is 0 Å². The van der Waals surface area contributed by atoms with Crippen LogP contribution in [0.4, 0.5) is 5.69 Å². The second-order valence-electron chi connectivity index (χ2n) is 11.6. The summed E-state index contributed by atoms with van der Waals surface area (Å²) in [6, 6.07) is 10.1. The normalized spacial score (nSPS) is 45.2. The van der Waals surface area contributed by atoms with Crippen LogP contribution in [0.25, 0.3) is 0 Å². The number of rotatable bonds is 2. The molecule has 4 saturated carbocycles. The molecule has 3 nitrogen and oxygen atoms in total. The monoisotopic (exact) mass is 409 g/mol. The summed E-state index contributed by atoms with van der Waals surface area (Å²) in [6.07, 6.45) is 10.6. The van der Waals surface area contributed by atoms with E-state index in [0.29, 0.717) is 11.8 Å². The quantitative estimate of drug-likeness (QED) is 0.684. The second-order valence-corrected chi connectivity index (χ2v) is 11.6. The minimum absolute atomic E-state index is 0.161. The van der Waals surface area contributed by atoms with Crippen molar-refractivity contribution in [2.45, 2.75) is 77.2 Å². The Morgan fingerprint density at radius 3 is 2.43 bits per heavy atom. The Morgan fingerprint density at radius 2 is 1.67 bits per heavy atom. The van der Waals surface area contributed by atoms with Crippen molar-refractivity contribution in [3.8, 4) is 0 Å². The van der Waals surface area contributed by atoms with E-state index in [-0.39, 0.29) is 11.3 Å². The third kappa shape index (κ3) is 3.23. The van der Waals surface area contributed by atoms with E-state index in [0.717, 1.165) is 48.6 Å². The zero-order valence-electron chi connectivity index (χ0n) is 19.0. The summed E-state index contributed by atoms with van der Waals surface area (Å²) < 4.78 is 0. The van der Waals surface area contributed by atoms with Crippen LogP contribution in [0.2, 0.25) is 0 Å². The molecule has 0 spiro atoms. The number of carbonyl (C=O) groups is 1. The number of para-hydroxylation sites is 1. The Labute approximate surface area is 182 Å². The number of aliphatic hydroxyl groups is 1. The highest BCUT2D eigenvalue weighted by atomic mass is 16.3. The first-order valence-electron chi connectivity index (χ1n) is 12.4. The molecule has 5 rings (SSSR count). The molecule has 3 heteroatoms. The lowest BCUT2D eigenvalue weighted by Crippen LogP contribution is -2.51. The fraction of sp³-hybridized carbons (Fsp3) is 0.741. The first kappa shape index (κ1) is 20.5. The van der Waals surface area contributed by atoms with E-state index in [1.165, 1.54) is 38.5 Å². The number of carbonyl (C=O) groups excluding carboxylic acids is 1. The standard InChI is InChI=1S/C27H39NO2/c1-26(30)15-13-20-18(17-26)9-10-22-21(20)14-16-27(2)23(22)11-12-24(27)25(29)28(3)19-7-5-4-6-8-19/h4-8,18,20-24,30H,9-17H2,1-3H3/t18-,20+,21-,22-,23+,24-,26-,27+/m1/s1. The van der Waals surface area contributed by atoms with Gasteiger partial charge in [-0.2, -0.15) is 0 Å². The van der Waals surface area contributed by atoms with Crippen LogP contribution in [0.15, 0.2) is 30.3 Å². The van der Waals surface area contributed by atoms with Crippen molar-refractivity contribution in [3.05, 3.63) is 30.3 Å². The Hall–Kier alpha value is -1.35. The summed E-state index contributed by atoms with van der Waals surface area (Å²) in [6.45, 7) is 4.49. The van der Waals surface area contributed by atoms with E-state index < -0.39 is 5.60 Å². The van der Waals surface area contributed by atoms with Crippen LogP contribution in [-0.4, -0.2) is 23.7 Å². The molecule has 4 aliphatic rings. The van der Waals surface area contributed by atoms with Crippen LogP contribution in [0.5, 0.6) is 0 Å². The predicted molar refractivity (Wildman–Crippen MR) is 121 cm³/mol. The molecule has 1 N–H and O–H groups in total. The molecule has 1 aromatic carbocycles. The first-order valence-corrected chi connectivity index (χ1v) is 12.4. The summed E-state index contributed by atoms with van der Waals surface area (Å²) in [5.41, 5.74) is 0.733. The zero-order chi connectivity index (χ0) is 21.1. The number of benzene rings is 1. The van der Waals surface area contributed by atoms with Crippen molar-refractivity contribution in [3.63, 3.8) is 0 Å². The molecule has 1 aromatic rings. The van der Waals surface area contributed by atoms with Crippen LogP contribution < -0.4 is 4.90 Å². The topological polar surface area (TPSA) is 40.5 Å². The van der Waals surface area contributed by atoms with E-state index in [2.05, 4.69) is 6.92 Å². The van der Waals surface area contributed by atoms with Crippen LogP contribution in [0.1, 0.15) is 71.6 Å². The molecular weight excluding hydrogens is 370 g/mol. The molecule has 4 aliphatic carbocycles. The lowest BCUT2D eigenvalue weighted by atomic mass is 9.49. The van der Waals surface area contributed by atoms with Crippen molar-refractivity contribution in [2.24, 2.45) is 40.9 Å². The van der Waals surface area contributed by atoms with Gasteiger partial charge in [0.05, 0.1) is 5.60 Å². The maximum absolute atomic E-state index is 13.6. The summed E-state index contributed by atoms with van der Waals surface area (Å²) in [4.78, 5) is 15.5. The fourth-order valence-corrected chi connectivity index (χ4v) is 8.50. The average Bonchev–Trinajstić information content (AvgIpc) is 3.09. The van der Waals surface area contributed by atoms with Crippen LogP contribution >= 0.6 is 0 Å². The minimum Gasteiger partial charge on any atom is -0.390 e. The summed E-state index contributed by atoms with van der Waals surface area (Å²) in [5.74, 6) is 4.37. The lowest BCUT2D eigenvalue weighted by molar-refractivity contribution is -0.131. The molecule has 0 heterocycles. The molecule has 0 radical (unpaired) electrons. The van der Waals surface area contributed by atoms with Gasteiger partial charge in [-0.25, -0.2) is 0 Å². The van der Waals surface area contributed by atoms with Gasteiger partial charge in [-0.15, -0.1) is 0 Å². The molecule has 0 bridgehead atoms. The highest BCUT2D eigenvalue weighted by Gasteiger charge is 2.59. The van der Waals surface area contributed by atoms with E-state index in [1.54, 1.807) is 0 Å². The van der Waals surface area contributed by atoms with Gasteiger partial charge >= 0.3 is 0 Å². The zero-order valence-corrected chi connectivity index (χ0v) is 19.0. The Bertz CT molecular complexity index is 789. The molecule has 8 atom stereocenters. The van der Waals surface area contributed by atoms with Crippen molar-refractivity contribution in [1.82, 2.24) is 0 Å². The Balaban J connectivity index is 1.34. The van der Waals surface area contributed by atoms with Crippen molar-refractivity contribution in [1.29, 1.82) is 0 Å². The van der Waals surface area contributed by atoms with E-state index >= 15 is 0 Å². The third-order valence-corrected chi connectivity index (χ3v) is 10.0. The highest BCUT2D eigenvalue weighted by Crippen LogP contribution is 2.64. The first-order chi connectivity index (χ1) is 14.3. The number of hydrogen-bond acceptors (Lipinski definition) is 2. The molecule has 30 heavy (non-hydrogen) atoms. The van der Waals surface area contributed by atoms with Gasteiger partial charge in [-0.3, -0.25) is 4.79 Å². The van der Waals surface area contributed by atoms with Crippen molar-refractivity contribution in [2.75, 3.05) is 11.9 Å². The van der Waals surface area contributed by atoms with Crippen molar-refractivity contribution >= 4 is 11.6 Å².